The third kappa shape index (κ3) is 3.14. The molecule has 0 aliphatic carbocycles. The number of fused-ring (bicyclic) bond motifs is 2. The van der Waals surface area contributed by atoms with Crippen molar-refractivity contribution in [3.8, 4) is 22.6 Å². The van der Waals surface area contributed by atoms with Gasteiger partial charge in [0, 0.05) is 23.1 Å². The number of pyridine rings is 1. The molecule has 1 aromatic heterocycles. The number of carbonyl (C=O) groups is 1. The van der Waals surface area contributed by atoms with Crippen LogP contribution in [-0.4, -0.2) is 23.7 Å². The predicted molar refractivity (Wildman–Crippen MR) is 103 cm³/mol. The van der Waals surface area contributed by atoms with Crippen molar-refractivity contribution in [3.05, 3.63) is 52.3 Å². The molecule has 1 aliphatic rings. The number of halogens is 2. The van der Waals surface area contributed by atoms with Crippen LogP contribution in [0.25, 0.3) is 22.0 Å². The minimum absolute atomic E-state index is 0.00859. The Balaban J connectivity index is 1.91. The van der Waals surface area contributed by atoms with Gasteiger partial charge >= 0.3 is 6.29 Å². The van der Waals surface area contributed by atoms with E-state index in [1.54, 1.807) is 24.3 Å². The van der Waals surface area contributed by atoms with Gasteiger partial charge in [-0.1, -0.05) is 37.3 Å². The number of alkyl halides is 2. The van der Waals surface area contributed by atoms with E-state index in [4.69, 9.17) is 5.73 Å². The van der Waals surface area contributed by atoms with Crippen LogP contribution in [0.5, 0.6) is 11.5 Å². The zero-order valence-corrected chi connectivity index (χ0v) is 15.3. The summed E-state index contributed by atoms with van der Waals surface area (Å²) in [6.07, 6.45) is -3.08. The Hall–Kier alpha value is -3.62. The van der Waals surface area contributed by atoms with Crippen molar-refractivity contribution in [1.82, 2.24) is 10.3 Å². The Bertz CT molecular complexity index is 1190. The van der Waals surface area contributed by atoms with Gasteiger partial charge in [-0.3, -0.25) is 9.59 Å². The number of ether oxygens (including phenoxy) is 2. The number of amides is 1. The molecular formula is C20H17F2N3O4. The minimum Gasteiger partial charge on any atom is -0.397 e. The molecule has 9 heteroatoms. The summed E-state index contributed by atoms with van der Waals surface area (Å²) in [6.45, 7) is 2.28. The van der Waals surface area contributed by atoms with Gasteiger partial charge in [0.25, 0.3) is 11.5 Å². The van der Waals surface area contributed by atoms with Crippen LogP contribution in [0, 0.1) is 0 Å². The van der Waals surface area contributed by atoms with Crippen molar-refractivity contribution in [2.24, 2.45) is 0 Å². The number of aromatic nitrogens is 1. The number of para-hydroxylation sites is 2. The Morgan fingerprint density at radius 3 is 2.66 bits per heavy atom. The summed E-state index contributed by atoms with van der Waals surface area (Å²) in [5.74, 6) is -0.834. The number of hydrogen-bond acceptors (Lipinski definition) is 5. The third-order valence-electron chi connectivity index (χ3n) is 4.57. The summed E-state index contributed by atoms with van der Waals surface area (Å²) in [5.41, 5.74) is 6.29. The van der Waals surface area contributed by atoms with Gasteiger partial charge in [-0.2, -0.15) is 0 Å². The fourth-order valence-corrected chi connectivity index (χ4v) is 3.30. The van der Waals surface area contributed by atoms with Gasteiger partial charge in [0.1, 0.15) is 5.56 Å². The molecule has 0 spiro atoms. The van der Waals surface area contributed by atoms with Crippen molar-refractivity contribution in [3.63, 3.8) is 0 Å². The second kappa shape index (κ2) is 6.77. The number of carbonyl (C=O) groups excluding carboxylic acids is 1. The number of benzene rings is 2. The van der Waals surface area contributed by atoms with Crippen LogP contribution in [0.2, 0.25) is 0 Å². The second-order valence-corrected chi connectivity index (χ2v) is 6.53. The van der Waals surface area contributed by atoms with E-state index in [9.17, 15) is 18.4 Å². The highest BCUT2D eigenvalue weighted by atomic mass is 19.3. The molecule has 0 fully saturated rings. The maximum atomic E-state index is 13.6. The van der Waals surface area contributed by atoms with Gasteiger partial charge < -0.3 is 25.5 Å². The van der Waals surface area contributed by atoms with E-state index in [2.05, 4.69) is 19.8 Å². The van der Waals surface area contributed by atoms with E-state index >= 15 is 0 Å². The Morgan fingerprint density at radius 1 is 1.17 bits per heavy atom. The summed E-state index contributed by atoms with van der Waals surface area (Å²) in [7, 11) is 0. The number of H-pyrrole nitrogens is 1. The maximum Gasteiger partial charge on any atom is 0.586 e. The lowest BCUT2D eigenvalue weighted by Crippen LogP contribution is -2.31. The molecule has 29 heavy (non-hydrogen) atoms. The quantitative estimate of drug-likeness (QED) is 0.622. The molecule has 0 bridgehead atoms. The molecule has 2 aromatic carbocycles. The van der Waals surface area contributed by atoms with Gasteiger partial charge in [-0.25, -0.2) is 0 Å². The molecule has 0 unspecified atom stereocenters. The number of nitrogen functional groups attached to an aromatic ring is 1. The fourth-order valence-electron chi connectivity index (χ4n) is 3.30. The van der Waals surface area contributed by atoms with Crippen molar-refractivity contribution in [1.29, 1.82) is 0 Å². The monoisotopic (exact) mass is 401 g/mol. The standard InChI is InChI=1S/C20H17F2N3O4/c1-2-9-24-18(26)14-15(23)12-7-3-5-10(16(12)25-19(14)27)11-6-4-8-13-17(11)29-20(21,22)28-13/h3-8H,2,9H2,1H3,(H,24,26)(H3,23,25,27). The highest BCUT2D eigenvalue weighted by Gasteiger charge is 2.44. The van der Waals surface area contributed by atoms with Crippen molar-refractivity contribution in [2.45, 2.75) is 19.6 Å². The molecule has 4 rings (SSSR count). The summed E-state index contributed by atoms with van der Waals surface area (Å²) in [4.78, 5) is 27.6. The fraction of sp³-hybridized carbons (Fsp3) is 0.200. The van der Waals surface area contributed by atoms with E-state index in [1.807, 2.05) is 6.92 Å². The van der Waals surface area contributed by atoms with Gasteiger partial charge in [0.05, 0.1) is 11.2 Å². The molecule has 7 nitrogen and oxygen atoms in total. The molecule has 1 amide bonds. The largest absolute Gasteiger partial charge is 0.586 e. The smallest absolute Gasteiger partial charge is 0.397 e. The van der Waals surface area contributed by atoms with Crippen LogP contribution in [0.3, 0.4) is 0 Å². The van der Waals surface area contributed by atoms with Crippen LogP contribution >= 0.6 is 0 Å². The first-order chi connectivity index (χ1) is 13.8. The zero-order chi connectivity index (χ0) is 20.8. The Kier molecular flexibility index (Phi) is 4.37. The summed E-state index contributed by atoms with van der Waals surface area (Å²) in [5, 5.41) is 3.03. The number of aromatic amines is 1. The van der Waals surface area contributed by atoms with Crippen LogP contribution in [0.15, 0.2) is 41.2 Å². The van der Waals surface area contributed by atoms with E-state index in [1.165, 1.54) is 12.1 Å². The number of nitrogens with one attached hydrogen (secondary N) is 2. The first-order valence-corrected chi connectivity index (χ1v) is 8.94. The topological polar surface area (TPSA) is 106 Å². The number of anilines is 1. The summed E-state index contributed by atoms with van der Waals surface area (Å²) in [6, 6.07) is 9.37. The molecule has 2 heterocycles. The van der Waals surface area contributed by atoms with Gasteiger partial charge in [-0.05, 0) is 12.5 Å². The van der Waals surface area contributed by atoms with Gasteiger partial charge in [0.2, 0.25) is 0 Å². The van der Waals surface area contributed by atoms with Crippen LogP contribution in [0.1, 0.15) is 23.7 Å². The SMILES string of the molecule is CCCNC(=O)c1c(N)c2cccc(-c3cccc4c3OC(F)(F)O4)c2[nH]c1=O. The number of rotatable bonds is 4. The molecule has 1 aliphatic heterocycles. The molecule has 0 atom stereocenters. The highest BCUT2D eigenvalue weighted by molar-refractivity contribution is 6.09. The van der Waals surface area contributed by atoms with Crippen molar-refractivity contribution in [2.75, 3.05) is 12.3 Å². The summed E-state index contributed by atoms with van der Waals surface area (Å²) >= 11 is 0. The molecule has 3 aromatic rings. The first-order valence-electron chi connectivity index (χ1n) is 8.94. The van der Waals surface area contributed by atoms with E-state index in [0.717, 1.165) is 0 Å². The third-order valence-corrected chi connectivity index (χ3v) is 4.57. The maximum absolute atomic E-state index is 13.6. The highest BCUT2D eigenvalue weighted by Crippen LogP contribution is 2.48. The van der Waals surface area contributed by atoms with Crippen molar-refractivity contribution >= 4 is 22.5 Å². The summed E-state index contributed by atoms with van der Waals surface area (Å²) < 4.78 is 36.3. The molecular weight excluding hydrogens is 384 g/mol. The lowest BCUT2D eigenvalue weighted by atomic mass is 9.99. The van der Waals surface area contributed by atoms with Gasteiger partial charge in [0.15, 0.2) is 11.5 Å². The van der Waals surface area contributed by atoms with E-state index in [0.29, 0.717) is 35.0 Å². The molecule has 0 radical (unpaired) electrons. The van der Waals surface area contributed by atoms with Gasteiger partial charge in [-0.15, -0.1) is 8.78 Å². The Labute approximate surface area is 163 Å². The van der Waals surface area contributed by atoms with E-state index in [-0.39, 0.29) is 22.7 Å². The lowest BCUT2D eigenvalue weighted by Gasteiger charge is -2.13. The predicted octanol–water partition coefficient (Wildman–Crippen LogP) is 3.24. The van der Waals surface area contributed by atoms with Crippen LogP contribution in [0.4, 0.5) is 14.5 Å². The zero-order valence-electron chi connectivity index (χ0n) is 15.3. The number of nitrogens with two attached hydrogens (primary N) is 1. The second-order valence-electron chi connectivity index (χ2n) is 6.53. The number of hydrogen-bond donors (Lipinski definition) is 3. The van der Waals surface area contributed by atoms with Crippen LogP contribution in [-0.2, 0) is 0 Å². The van der Waals surface area contributed by atoms with E-state index < -0.39 is 17.8 Å². The molecule has 0 saturated carbocycles. The Morgan fingerprint density at radius 2 is 1.90 bits per heavy atom. The molecule has 0 saturated heterocycles. The molecule has 4 N–H and O–H groups in total. The first kappa shape index (κ1) is 18.7. The average molecular weight is 401 g/mol. The molecule has 150 valence electrons. The normalized spacial score (nSPS) is 14.2. The average Bonchev–Trinajstić information content (AvgIpc) is 3.00. The van der Waals surface area contributed by atoms with Crippen LogP contribution < -0.4 is 26.1 Å². The minimum atomic E-state index is -3.78. The van der Waals surface area contributed by atoms with Crippen molar-refractivity contribution < 1.29 is 23.0 Å². The lowest BCUT2D eigenvalue weighted by molar-refractivity contribution is -0.286.